The molecule has 0 aromatic rings. The summed E-state index contributed by atoms with van der Waals surface area (Å²) in [4.78, 5) is 10.8. The van der Waals surface area contributed by atoms with Gasteiger partial charge in [-0.2, -0.15) is 0 Å². The maximum absolute atomic E-state index is 13.0. The van der Waals surface area contributed by atoms with Gasteiger partial charge in [0, 0.05) is 0 Å². The highest BCUT2D eigenvalue weighted by atomic mass is 19.1. The van der Waals surface area contributed by atoms with Gasteiger partial charge in [0.25, 0.3) is 0 Å². The first-order chi connectivity index (χ1) is 5.82. The van der Waals surface area contributed by atoms with Gasteiger partial charge in [-0.3, -0.25) is 4.79 Å². The lowest BCUT2D eigenvalue weighted by atomic mass is 9.71. The predicted octanol–water partition coefficient (Wildman–Crippen LogP) is 2.69. The van der Waals surface area contributed by atoms with Crippen LogP contribution in [0.1, 0.15) is 33.6 Å². The molecule has 1 aliphatic carbocycles. The fourth-order valence-corrected chi connectivity index (χ4v) is 1.73. The van der Waals surface area contributed by atoms with E-state index >= 15 is 0 Å². The number of Topliss-reactive ketones (excluding diaryl/α,β-unsaturated/α-hetero) is 1. The largest absolute Gasteiger partial charge is 0.293 e. The molecule has 1 unspecified atom stereocenters. The SMILES string of the molecule is CC(C)(C)C1C[C@@H](F)C(=O)[C@@H](F)C1. The molecule has 1 saturated carbocycles. The minimum atomic E-state index is -1.59. The Bertz CT molecular complexity index is 193. The second-order valence-electron chi connectivity index (χ2n) is 4.87. The van der Waals surface area contributed by atoms with Gasteiger partial charge in [-0.15, -0.1) is 0 Å². The molecular formula is C10H16F2O. The van der Waals surface area contributed by atoms with E-state index < -0.39 is 18.1 Å². The summed E-state index contributed by atoms with van der Waals surface area (Å²) in [5.74, 6) is -0.893. The molecule has 0 saturated heterocycles. The highest BCUT2D eigenvalue weighted by molar-refractivity contribution is 5.87. The van der Waals surface area contributed by atoms with Gasteiger partial charge in [0.05, 0.1) is 0 Å². The first kappa shape index (κ1) is 10.6. The summed E-state index contributed by atoms with van der Waals surface area (Å²) in [5, 5.41) is 0. The van der Waals surface area contributed by atoms with Crippen LogP contribution in [-0.2, 0) is 4.79 Å². The molecule has 1 aliphatic rings. The number of halogens is 2. The molecule has 0 aliphatic heterocycles. The van der Waals surface area contributed by atoms with Crippen LogP contribution in [-0.4, -0.2) is 18.1 Å². The zero-order chi connectivity index (χ0) is 10.2. The highest BCUT2D eigenvalue weighted by Gasteiger charge is 2.40. The molecular weight excluding hydrogens is 174 g/mol. The molecule has 3 heteroatoms. The van der Waals surface area contributed by atoms with Gasteiger partial charge in [-0.05, 0) is 24.2 Å². The first-order valence-electron chi connectivity index (χ1n) is 4.64. The van der Waals surface area contributed by atoms with Crippen LogP contribution >= 0.6 is 0 Å². The molecule has 0 spiro atoms. The van der Waals surface area contributed by atoms with E-state index in [1.54, 1.807) is 0 Å². The summed E-state index contributed by atoms with van der Waals surface area (Å²) >= 11 is 0. The van der Waals surface area contributed by atoms with Crippen molar-refractivity contribution in [3.8, 4) is 0 Å². The molecule has 0 aromatic heterocycles. The van der Waals surface area contributed by atoms with Gasteiger partial charge in [0.15, 0.2) is 12.3 Å². The predicted molar refractivity (Wildman–Crippen MR) is 47.0 cm³/mol. The average molecular weight is 190 g/mol. The Morgan fingerprint density at radius 3 is 1.85 bits per heavy atom. The Balaban J connectivity index is 2.69. The van der Waals surface area contributed by atoms with Crippen molar-refractivity contribution in [1.29, 1.82) is 0 Å². The van der Waals surface area contributed by atoms with Crippen LogP contribution in [0.3, 0.4) is 0 Å². The van der Waals surface area contributed by atoms with E-state index in [-0.39, 0.29) is 24.2 Å². The van der Waals surface area contributed by atoms with Gasteiger partial charge in [-0.1, -0.05) is 20.8 Å². The molecule has 3 atom stereocenters. The van der Waals surface area contributed by atoms with Gasteiger partial charge in [0.1, 0.15) is 0 Å². The van der Waals surface area contributed by atoms with Crippen molar-refractivity contribution in [1.82, 2.24) is 0 Å². The zero-order valence-electron chi connectivity index (χ0n) is 8.31. The van der Waals surface area contributed by atoms with E-state index in [1.807, 2.05) is 20.8 Å². The van der Waals surface area contributed by atoms with Crippen LogP contribution in [0.15, 0.2) is 0 Å². The smallest absolute Gasteiger partial charge is 0.200 e. The quantitative estimate of drug-likeness (QED) is 0.574. The molecule has 0 heterocycles. The Kier molecular flexibility index (Phi) is 2.74. The molecule has 1 nitrogen and oxygen atoms in total. The monoisotopic (exact) mass is 190 g/mol. The normalized spacial score (nSPS) is 36.4. The second kappa shape index (κ2) is 3.35. The second-order valence-corrected chi connectivity index (χ2v) is 4.87. The fraction of sp³-hybridized carbons (Fsp3) is 0.900. The van der Waals surface area contributed by atoms with Crippen molar-refractivity contribution in [2.24, 2.45) is 11.3 Å². The maximum atomic E-state index is 13.0. The van der Waals surface area contributed by atoms with Crippen molar-refractivity contribution < 1.29 is 13.6 Å². The molecule has 13 heavy (non-hydrogen) atoms. The van der Waals surface area contributed by atoms with Gasteiger partial charge in [0.2, 0.25) is 5.78 Å². The molecule has 1 fully saturated rings. The standard InChI is InChI=1S/C10H16F2O/c1-10(2,3)6-4-7(11)9(13)8(12)5-6/h6-8H,4-5H2,1-3H3/t6?,7-,8+. The fourth-order valence-electron chi connectivity index (χ4n) is 1.73. The summed E-state index contributed by atoms with van der Waals surface area (Å²) in [7, 11) is 0. The summed E-state index contributed by atoms with van der Waals surface area (Å²) in [6.07, 6.45) is -2.81. The Labute approximate surface area is 77.5 Å². The number of hydrogen-bond donors (Lipinski definition) is 0. The zero-order valence-corrected chi connectivity index (χ0v) is 8.31. The molecule has 0 amide bonds. The van der Waals surface area contributed by atoms with Crippen LogP contribution in [0.5, 0.6) is 0 Å². The minimum absolute atomic E-state index is 0.0322. The third kappa shape index (κ3) is 2.26. The Morgan fingerprint density at radius 1 is 1.15 bits per heavy atom. The lowest BCUT2D eigenvalue weighted by molar-refractivity contribution is -0.134. The summed E-state index contributed by atoms with van der Waals surface area (Å²) in [6.45, 7) is 5.85. The van der Waals surface area contributed by atoms with Crippen molar-refractivity contribution in [3.05, 3.63) is 0 Å². The van der Waals surface area contributed by atoms with E-state index in [0.29, 0.717) is 0 Å². The average Bonchev–Trinajstić information content (AvgIpc) is 1.97. The van der Waals surface area contributed by atoms with Crippen LogP contribution in [0.25, 0.3) is 0 Å². The van der Waals surface area contributed by atoms with E-state index in [9.17, 15) is 13.6 Å². The lowest BCUT2D eigenvalue weighted by Crippen LogP contribution is -2.40. The maximum Gasteiger partial charge on any atom is 0.200 e. The topological polar surface area (TPSA) is 17.1 Å². The lowest BCUT2D eigenvalue weighted by Gasteiger charge is -2.35. The van der Waals surface area contributed by atoms with Gasteiger partial charge >= 0.3 is 0 Å². The Hall–Kier alpha value is -0.470. The molecule has 76 valence electrons. The minimum Gasteiger partial charge on any atom is -0.293 e. The van der Waals surface area contributed by atoms with Crippen molar-refractivity contribution in [2.45, 2.75) is 46.0 Å². The third-order valence-electron chi connectivity index (χ3n) is 2.83. The van der Waals surface area contributed by atoms with Gasteiger partial charge < -0.3 is 0 Å². The number of carbonyl (C=O) groups excluding carboxylic acids is 1. The summed E-state index contributed by atoms with van der Waals surface area (Å²) in [6, 6.07) is 0. The number of hydrogen-bond acceptors (Lipinski definition) is 1. The number of alkyl halides is 2. The molecule has 0 radical (unpaired) electrons. The number of carbonyl (C=O) groups is 1. The summed E-state index contributed by atoms with van der Waals surface area (Å²) < 4.78 is 26.0. The van der Waals surface area contributed by atoms with Gasteiger partial charge in [-0.25, -0.2) is 8.78 Å². The number of ketones is 1. The number of rotatable bonds is 0. The molecule has 0 N–H and O–H groups in total. The van der Waals surface area contributed by atoms with Crippen LogP contribution < -0.4 is 0 Å². The summed E-state index contributed by atoms with van der Waals surface area (Å²) in [5.41, 5.74) is -0.116. The van der Waals surface area contributed by atoms with Crippen molar-refractivity contribution >= 4 is 5.78 Å². The molecule has 0 aromatic carbocycles. The first-order valence-corrected chi connectivity index (χ1v) is 4.64. The molecule has 1 rings (SSSR count). The van der Waals surface area contributed by atoms with E-state index in [0.717, 1.165) is 0 Å². The van der Waals surface area contributed by atoms with E-state index in [1.165, 1.54) is 0 Å². The molecule has 0 bridgehead atoms. The van der Waals surface area contributed by atoms with Crippen LogP contribution in [0.2, 0.25) is 0 Å². The van der Waals surface area contributed by atoms with Crippen LogP contribution in [0.4, 0.5) is 8.78 Å². The van der Waals surface area contributed by atoms with E-state index in [4.69, 9.17) is 0 Å². The third-order valence-corrected chi connectivity index (χ3v) is 2.83. The highest BCUT2D eigenvalue weighted by Crippen LogP contribution is 2.38. The van der Waals surface area contributed by atoms with Crippen molar-refractivity contribution in [3.63, 3.8) is 0 Å². The van der Waals surface area contributed by atoms with Crippen LogP contribution in [0, 0.1) is 11.3 Å². The Morgan fingerprint density at radius 2 is 1.54 bits per heavy atom. The van der Waals surface area contributed by atoms with Crippen molar-refractivity contribution in [2.75, 3.05) is 0 Å². The van der Waals surface area contributed by atoms with E-state index in [2.05, 4.69) is 0 Å².